The van der Waals surface area contributed by atoms with Crippen LogP contribution in [-0.2, 0) is 12.1 Å². The van der Waals surface area contributed by atoms with Crippen LogP contribution in [0.15, 0.2) is 48.7 Å². The Labute approximate surface area is 166 Å². The Morgan fingerprint density at radius 2 is 2.07 bits per heavy atom. The highest BCUT2D eigenvalue weighted by molar-refractivity contribution is 7.12. The van der Waals surface area contributed by atoms with Crippen molar-refractivity contribution in [1.82, 2.24) is 20.5 Å². The van der Waals surface area contributed by atoms with Gasteiger partial charge in [0.1, 0.15) is 10.8 Å². The summed E-state index contributed by atoms with van der Waals surface area (Å²) in [6, 6.07) is 13.2. The van der Waals surface area contributed by atoms with E-state index < -0.39 is 0 Å². The minimum absolute atomic E-state index is 0.109. The maximum Gasteiger partial charge on any atom is 0.132 e. The van der Waals surface area contributed by atoms with E-state index in [2.05, 4.69) is 33.7 Å². The third-order valence-corrected chi connectivity index (χ3v) is 6.85. The first-order valence-corrected chi connectivity index (χ1v) is 10.4. The van der Waals surface area contributed by atoms with Crippen molar-refractivity contribution >= 4 is 22.2 Å². The van der Waals surface area contributed by atoms with Gasteiger partial charge < -0.3 is 5.32 Å². The van der Waals surface area contributed by atoms with Gasteiger partial charge in [-0.25, -0.2) is 9.37 Å². The number of hydrogen-bond acceptors (Lipinski definition) is 4. The molecule has 2 aromatic carbocycles. The van der Waals surface area contributed by atoms with Crippen LogP contribution in [0.1, 0.15) is 34.7 Å². The number of rotatable bonds is 5. The van der Waals surface area contributed by atoms with Crippen LogP contribution in [0.5, 0.6) is 0 Å². The number of thiazole rings is 1. The van der Waals surface area contributed by atoms with Gasteiger partial charge in [-0.3, -0.25) is 5.10 Å². The summed E-state index contributed by atoms with van der Waals surface area (Å²) in [7, 11) is 0. The fourth-order valence-corrected chi connectivity index (χ4v) is 5.02. The molecule has 1 saturated carbocycles. The van der Waals surface area contributed by atoms with Gasteiger partial charge in [-0.15, -0.1) is 11.3 Å². The van der Waals surface area contributed by atoms with Gasteiger partial charge in [-0.1, -0.05) is 24.3 Å². The van der Waals surface area contributed by atoms with Crippen LogP contribution < -0.4 is 5.32 Å². The molecule has 0 saturated heterocycles. The van der Waals surface area contributed by atoms with Crippen LogP contribution in [0.2, 0.25) is 0 Å². The molecule has 0 bridgehead atoms. The molecule has 1 aliphatic rings. The van der Waals surface area contributed by atoms with Crippen molar-refractivity contribution in [1.29, 1.82) is 0 Å². The molecule has 0 aliphatic heterocycles. The van der Waals surface area contributed by atoms with Crippen molar-refractivity contribution in [3.63, 3.8) is 0 Å². The van der Waals surface area contributed by atoms with Gasteiger partial charge in [0.25, 0.3) is 0 Å². The monoisotopic (exact) mass is 392 g/mol. The van der Waals surface area contributed by atoms with Crippen molar-refractivity contribution in [2.45, 2.75) is 38.3 Å². The van der Waals surface area contributed by atoms with E-state index in [1.807, 2.05) is 25.3 Å². The SMILES string of the molecule is Cc1sc(C2(NCc3ccc4cn[nH]c4c3)CCC2)nc1-c1ccccc1F. The number of aryl methyl sites for hydroxylation is 1. The molecule has 2 aromatic heterocycles. The Hall–Kier alpha value is -2.57. The van der Waals surface area contributed by atoms with Crippen LogP contribution in [0.3, 0.4) is 0 Å². The molecule has 1 fully saturated rings. The molecule has 0 radical (unpaired) electrons. The number of nitrogens with one attached hydrogen (secondary N) is 2. The highest BCUT2D eigenvalue weighted by Gasteiger charge is 2.41. The van der Waals surface area contributed by atoms with E-state index >= 15 is 0 Å². The van der Waals surface area contributed by atoms with E-state index in [9.17, 15) is 4.39 Å². The summed E-state index contributed by atoms with van der Waals surface area (Å²) in [5.41, 5.74) is 3.51. The van der Waals surface area contributed by atoms with E-state index in [1.165, 1.54) is 18.1 Å². The lowest BCUT2D eigenvalue weighted by molar-refractivity contribution is 0.183. The first kappa shape index (κ1) is 17.5. The van der Waals surface area contributed by atoms with Gasteiger partial charge in [-0.2, -0.15) is 5.10 Å². The molecule has 5 rings (SSSR count). The average molecular weight is 393 g/mol. The molecule has 0 unspecified atom stereocenters. The predicted molar refractivity (Wildman–Crippen MR) is 111 cm³/mol. The summed E-state index contributed by atoms with van der Waals surface area (Å²) < 4.78 is 14.3. The molecule has 0 amide bonds. The second-order valence-corrected chi connectivity index (χ2v) is 8.69. The summed E-state index contributed by atoms with van der Waals surface area (Å²) in [5, 5.41) is 13.1. The zero-order valence-electron chi connectivity index (χ0n) is 15.6. The van der Waals surface area contributed by atoms with Crippen molar-refractivity contribution in [3.8, 4) is 11.3 Å². The van der Waals surface area contributed by atoms with Crippen LogP contribution >= 0.6 is 11.3 Å². The minimum atomic E-state index is -0.217. The zero-order valence-corrected chi connectivity index (χ0v) is 16.4. The fourth-order valence-electron chi connectivity index (χ4n) is 3.87. The number of aromatic nitrogens is 3. The Kier molecular flexibility index (Phi) is 4.25. The summed E-state index contributed by atoms with van der Waals surface area (Å²) in [6.45, 7) is 2.80. The summed E-state index contributed by atoms with van der Waals surface area (Å²) in [4.78, 5) is 5.95. The van der Waals surface area contributed by atoms with Crippen molar-refractivity contribution in [2.24, 2.45) is 0 Å². The fraction of sp³-hybridized carbons (Fsp3) is 0.273. The molecular weight excluding hydrogens is 371 g/mol. The lowest BCUT2D eigenvalue weighted by Crippen LogP contribution is -2.47. The van der Waals surface area contributed by atoms with E-state index in [0.717, 1.165) is 45.9 Å². The predicted octanol–water partition coefficient (Wildman–Crippen LogP) is 5.30. The van der Waals surface area contributed by atoms with Gasteiger partial charge >= 0.3 is 0 Å². The molecular formula is C22H21FN4S. The summed E-state index contributed by atoms with van der Waals surface area (Å²) >= 11 is 1.68. The first-order valence-electron chi connectivity index (χ1n) is 9.54. The van der Waals surface area contributed by atoms with E-state index in [4.69, 9.17) is 4.98 Å². The Balaban J connectivity index is 1.42. The number of halogens is 1. The molecule has 2 N–H and O–H groups in total. The number of aromatic amines is 1. The number of hydrogen-bond donors (Lipinski definition) is 2. The highest BCUT2D eigenvalue weighted by atomic mass is 32.1. The number of nitrogens with zero attached hydrogens (tertiary/aromatic N) is 2. The largest absolute Gasteiger partial charge is 0.301 e. The van der Waals surface area contributed by atoms with Gasteiger partial charge in [0, 0.05) is 22.4 Å². The van der Waals surface area contributed by atoms with Crippen LogP contribution in [0.25, 0.3) is 22.2 Å². The quantitative estimate of drug-likeness (QED) is 0.484. The molecule has 2 heterocycles. The summed E-state index contributed by atoms with van der Waals surface area (Å²) in [5.74, 6) is -0.217. The third-order valence-electron chi connectivity index (χ3n) is 5.68. The van der Waals surface area contributed by atoms with Gasteiger partial charge in [0.05, 0.1) is 22.9 Å². The van der Waals surface area contributed by atoms with Crippen LogP contribution in [-0.4, -0.2) is 15.2 Å². The lowest BCUT2D eigenvalue weighted by atomic mass is 9.77. The van der Waals surface area contributed by atoms with Crippen molar-refractivity contribution in [2.75, 3.05) is 0 Å². The van der Waals surface area contributed by atoms with Gasteiger partial charge in [0.2, 0.25) is 0 Å². The highest BCUT2D eigenvalue weighted by Crippen LogP contribution is 2.45. The van der Waals surface area contributed by atoms with Crippen molar-refractivity contribution < 1.29 is 4.39 Å². The molecule has 28 heavy (non-hydrogen) atoms. The van der Waals surface area contributed by atoms with Crippen LogP contribution in [0.4, 0.5) is 4.39 Å². The maximum absolute atomic E-state index is 14.3. The molecule has 1 aliphatic carbocycles. The average Bonchev–Trinajstić information content (AvgIpc) is 3.28. The second kappa shape index (κ2) is 6.79. The molecule has 0 spiro atoms. The third kappa shape index (κ3) is 2.93. The zero-order chi connectivity index (χ0) is 19.1. The lowest BCUT2D eigenvalue weighted by Gasteiger charge is -2.41. The maximum atomic E-state index is 14.3. The normalized spacial score (nSPS) is 15.6. The van der Waals surface area contributed by atoms with Gasteiger partial charge in [0.15, 0.2) is 0 Å². The van der Waals surface area contributed by atoms with E-state index in [0.29, 0.717) is 5.56 Å². The van der Waals surface area contributed by atoms with Crippen LogP contribution in [0, 0.1) is 12.7 Å². The molecule has 4 nitrogen and oxygen atoms in total. The Bertz CT molecular complexity index is 1140. The van der Waals surface area contributed by atoms with Crippen molar-refractivity contribution in [3.05, 3.63) is 69.9 Å². The number of H-pyrrole nitrogens is 1. The Morgan fingerprint density at radius 3 is 2.86 bits per heavy atom. The molecule has 6 heteroatoms. The Morgan fingerprint density at radius 1 is 1.21 bits per heavy atom. The number of benzene rings is 2. The molecule has 142 valence electrons. The molecule has 4 aromatic rings. The standard InChI is InChI=1S/C22H21FN4S/c1-14-20(17-5-2-3-6-18(17)23)26-21(28-14)22(9-4-10-22)24-12-15-7-8-16-13-25-27-19(16)11-15/h2-3,5-8,11,13,24H,4,9-10,12H2,1H3,(H,25,27). The second-order valence-electron chi connectivity index (χ2n) is 7.48. The minimum Gasteiger partial charge on any atom is -0.301 e. The van der Waals surface area contributed by atoms with E-state index in [-0.39, 0.29) is 11.4 Å². The smallest absolute Gasteiger partial charge is 0.132 e. The topological polar surface area (TPSA) is 53.6 Å². The molecule has 0 atom stereocenters. The summed E-state index contributed by atoms with van der Waals surface area (Å²) in [6.07, 6.45) is 5.13. The number of fused-ring (bicyclic) bond motifs is 1. The van der Waals surface area contributed by atoms with E-state index in [1.54, 1.807) is 17.4 Å². The van der Waals surface area contributed by atoms with Gasteiger partial charge in [-0.05, 0) is 49.9 Å². The first-order chi connectivity index (χ1) is 13.6.